The Morgan fingerprint density at radius 3 is 1.59 bits per heavy atom. The molecular formula is C13H3Cl6F3. The molecule has 0 aliphatic rings. The number of benzene rings is 2. The first kappa shape index (κ1) is 18.3. The van der Waals surface area contributed by atoms with Crippen LogP contribution in [-0.2, 0) is 6.18 Å². The summed E-state index contributed by atoms with van der Waals surface area (Å²) in [6, 6.07) is 3.60. The third-order valence-electron chi connectivity index (χ3n) is 2.78. The lowest BCUT2D eigenvalue weighted by Gasteiger charge is -2.18. The third kappa shape index (κ3) is 3.12. The molecule has 0 aliphatic heterocycles. The molecular weight excluding hydrogens is 426 g/mol. The molecule has 9 heteroatoms. The molecule has 2 rings (SSSR count). The van der Waals surface area contributed by atoms with Crippen LogP contribution in [0.25, 0.3) is 11.1 Å². The van der Waals surface area contributed by atoms with E-state index in [1.807, 2.05) is 0 Å². The Balaban J connectivity index is 2.94. The molecule has 0 heterocycles. The Kier molecular flexibility index (Phi) is 5.38. The van der Waals surface area contributed by atoms with Crippen LogP contribution in [-0.4, -0.2) is 0 Å². The van der Waals surface area contributed by atoms with Gasteiger partial charge in [0.25, 0.3) is 0 Å². The molecule has 0 amide bonds. The van der Waals surface area contributed by atoms with Gasteiger partial charge in [-0.15, -0.1) is 0 Å². The van der Waals surface area contributed by atoms with Gasteiger partial charge in [-0.2, -0.15) is 13.2 Å². The molecule has 0 saturated heterocycles. The van der Waals surface area contributed by atoms with E-state index in [9.17, 15) is 13.2 Å². The van der Waals surface area contributed by atoms with Crippen LogP contribution in [0, 0.1) is 0 Å². The van der Waals surface area contributed by atoms with E-state index in [4.69, 9.17) is 69.6 Å². The zero-order valence-corrected chi connectivity index (χ0v) is 14.7. The first-order chi connectivity index (χ1) is 10.1. The Morgan fingerprint density at radius 1 is 0.682 bits per heavy atom. The Hall–Kier alpha value is -0.0300. The van der Waals surface area contributed by atoms with Crippen molar-refractivity contribution in [2.75, 3.05) is 0 Å². The van der Waals surface area contributed by atoms with Crippen molar-refractivity contribution in [3.05, 3.63) is 53.9 Å². The SMILES string of the molecule is FC(F)(F)c1c(Cl)cccc1-c1c(Cl)c(Cl)c(Cl)c(Cl)c1Cl. The largest absolute Gasteiger partial charge is 0.418 e. The molecule has 118 valence electrons. The van der Waals surface area contributed by atoms with Gasteiger partial charge in [0.1, 0.15) is 0 Å². The van der Waals surface area contributed by atoms with Crippen LogP contribution < -0.4 is 0 Å². The van der Waals surface area contributed by atoms with Crippen LogP contribution in [0.15, 0.2) is 18.2 Å². The number of rotatable bonds is 1. The summed E-state index contributed by atoms with van der Waals surface area (Å²) in [5.74, 6) is 0. The quantitative estimate of drug-likeness (QED) is 0.316. The Labute approximate surface area is 153 Å². The monoisotopic (exact) mass is 426 g/mol. The fraction of sp³-hybridized carbons (Fsp3) is 0.0769. The maximum absolute atomic E-state index is 13.3. The standard InChI is InChI=1S/C13H3Cl6F3/c14-5-3-1-2-4(7(5)13(20,21)22)6-8(15)10(17)12(19)11(18)9(6)16/h1-3H. The molecule has 2 aromatic rings. The summed E-state index contributed by atoms with van der Waals surface area (Å²) < 4.78 is 39.8. The first-order valence-electron chi connectivity index (χ1n) is 5.44. The minimum atomic E-state index is -4.72. The molecule has 0 unspecified atom stereocenters. The average Bonchev–Trinajstić information content (AvgIpc) is 2.42. The van der Waals surface area contributed by atoms with Crippen molar-refractivity contribution in [1.29, 1.82) is 0 Å². The predicted molar refractivity (Wildman–Crippen MR) is 86.9 cm³/mol. The highest BCUT2D eigenvalue weighted by Gasteiger charge is 2.37. The summed E-state index contributed by atoms with van der Waals surface area (Å²) in [6.07, 6.45) is -4.72. The molecule has 0 aromatic heterocycles. The van der Waals surface area contributed by atoms with E-state index in [1.165, 1.54) is 12.1 Å². The van der Waals surface area contributed by atoms with E-state index in [2.05, 4.69) is 0 Å². The number of halogens is 9. The second-order valence-electron chi connectivity index (χ2n) is 4.11. The van der Waals surface area contributed by atoms with Gasteiger partial charge in [0.15, 0.2) is 0 Å². The van der Waals surface area contributed by atoms with E-state index in [-0.39, 0.29) is 36.2 Å². The highest BCUT2D eigenvalue weighted by molar-refractivity contribution is 6.56. The van der Waals surface area contributed by atoms with Gasteiger partial charge in [-0.1, -0.05) is 81.7 Å². The van der Waals surface area contributed by atoms with Crippen molar-refractivity contribution >= 4 is 69.6 Å². The summed E-state index contributed by atoms with van der Waals surface area (Å²) in [4.78, 5) is 0. The second-order valence-corrected chi connectivity index (χ2v) is 6.40. The predicted octanol–water partition coefficient (Wildman–Crippen LogP) is 8.29. The first-order valence-corrected chi connectivity index (χ1v) is 7.71. The lowest BCUT2D eigenvalue weighted by atomic mass is 9.99. The van der Waals surface area contributed by atoms with Gasteiger partial charge in [-0.3, -0.25) is 0 Å². The van der Waals surface area contributed by atoms with Gasteiger partial charge < -0.3 is 0 Å². The molecule has 0 N–H and O–H groups in total. The van der Waals surface area contributed by atoms with Gasteiger partial charge in [0, 0.05) is 5.56 Å². The van der Waals surface area contributed by atoms with Crippen LogP contribution in [0.3, 0.4) is 0 Å². The third-order valence-corrected chi connectivity index (χ3v) is 5.37. The highest BCUT2D eigenvalue weighted by Crippen LogP contribution is 2.51. The summed E-state index contributed by atoms with van der Waals surface area (Å²) in [5.41, 5.74) is -1.61. The van der Waals surface area contributed by atoms with Crippen LogP contribution in [0.1, 0.15) is 5.56 Å². The van der Waals surface area contributed by atoms with E-state index < -0.39 is 16.8 Å². The molecule has 22 heavy (non-hydrogen) atoms. The number of hydrogen-bond acceptors (Lipinski definition) is 0. The molecule has 0 spiro atoms. The zero-order chi connectivity index (χ0) is 16.8. The number of hydrogen-bond donors (Lipinski definition) is 0. The van der Waals surface area contributed by atoms with E-state index in [0.717, 1.165) is 6.07 Å². The molecule has 0 nitrogen and oxygen atoms in total. The van der Waals surface area contributed by atoms with Gasteiger partial charge >= 0.3 is 6.18 Å². The molecule has 2 aromatic carbocycles. The smallest absolute Gasteiger partial charge is 0.166 e. The van der Waals surface area contributed by atoms with E-state index >= 15 is 0 Å². The lowest BCUT2D eigenvalue weighted by Crippen LogP contribution is -2.08. The fourth-order valence-corrected chi connectivity index (χ4v) is 3.49. The van der Waals surface area contributed by atoms with Crippen molar-refractivity contribution in [3.63, 3.8) is 0 Å². The van der Waals surface area contributed by atoms with E-state index in [0.29, 0.717) is 0 Å². The molecule has 0 fully saturated rings. The zero-order valence-electron chi connectivity index (χ0n) is 10.1. The van der Waals surface area contributed by atoms with Crippen molar-refractivity contribution in [3.8, 4) is 11.1 Å². The van der Waals surface area contributed by atoms with Gasteiger partial charge in [-0.05, 0) is 11.6 Å². The summed E-state index contributed by atoms with van der Waals surface area (Å²) >= 11 is 35.3. The van der Waals surface area contributed by atoms with Crippen molar-refractivity contribution in [2.24, 2.45) is 0 Å². The molecule has 0 aliphatic carbocycles. The summed E-state index contributed by atoms with van der Waals surface area (Å²) in [7, 11) is 0. The Bertz CT molecular complexity index is 725. The van der Waals surface area contributed by atoms with Gasteiger partial charge in [0.2, 0.25) is 0 Å². The maximum Gasteiger partial charge on any atom is 0.418 e. The topological polar surface area (TPSA) is 0 Å². The molecule has 0 bridgehead atoms. The average molecular weight is 429 g/mol. The summed E-state index contributed by atoms with van der Waals surface area (Å²) in [6.45, 7) is 0. The van der Waals surface area contributed by atoms with Crippen molar-refractivity contribution in [1.82, 2.24) is 0 Å². The van der Waals surface area contributed by atoms with Gasteiger partial charge in [-0.25, -0.2) is 0 Å². The van der Waals surface area contributed by atoms with E-state index in [1.54, 1.807) is 0 Å². The minimum Gasteiger partial charge on any atom is -0.166 e. The van der Waals surface area contributed by atoms with Crippen LogP contribution >= 0.6 is 69.6 Å². The van der Waals surface area contributed by atoms with Crippen molar-refractivity contribution < 1.29 is 13.2 Å². The van der Waals surface area contributed by atoms with Crippen molar-refractivity contribution in [2.45, 2.75) is 6.18 Å². The number of alkyl halides is 3. The lowest BCUT2D eigenvalue weighted by molar-refractivity contribution is -0.137. The van der Waals surface area contributed by atoms with Crippen LogP contribution in [0.5, 0.6) is 0 Å². The van der Waals surface area contributed by atoms with Gasteiger partial charge in [0.05, 0.1) is 35.7 Å². The molecule has 0 radical (unpaired) electrons. The minimum absolute atomic E-state index is 0.141. The molecule has 0 saturated carbocycles. The highest BCUT2D eigenvalue weighted by atomic mass is 35.5. The molecule has 0 atom stereocenters. The van der Waals surface area contributed by atoms with Crippen LogP contribution in [0.4, 0.5) is 13.2 Å². The summed E-state index contributed by atoms with van der Waals surface area (Å²) in [5, 5.41) is -1.51. The van der Waals surface area contributed by atoms with Crippen LogP contribution in [0.2, 0.25) is 30.1 Å². The normalized spacial score (nSPS) is 11.9. The maximum atomic E-state index is 13.3. The Morgan fingerprint density at radius 2 is 1.14 bits per heavy atom. The second kappa shape index (κ2) is 6.46. The fourth-order valence-electron chi connectivity index (χ4n) is 1.86.